The Hall–Kier alpha value is -1.29. The number of ether oxygens (including phenoxy) is 2. The van der Waals surface area contributed by atoms with E-state index in [1.807, 2.05) is 33.8 Å². The summed E-state index contributed by atoms with van der Waals surface area (Å²) in [5.74, 6) is 0. The van der Waals surface area contributed by atoms with Crippen LogP contribution in [-0.2, 0) is 9.47 Å². The lowest BCUT2D eigenvalue weighted by Gasteiger charge is -2.26. The van der Waals surface area contributed by atoms with Crippen LogP contribution in [-0.4, -0.2) is 25.5 Å². The van der Waals surface area contributed by atoms with E-state index in [-0.39, 0.29) is 18.2 Å². The quantitative estimate of drug-likeness (QED) is 0.316. The molecule has 4 nitrogen and oxygen atoms in total. The summed E-state index contributed by atoms with van der Waals surface area (Å²) >= 11 is 0. The minimum absolute atomic E-state index is 0.0821. The third-order valence-electron chi connectivity index (χ3n) is 2.89. The second-order valence-electron chi connectivity index (χ2n) is 5.71. The first-order valence-corrected chi connectivity index (χ1v) is 7.22. The fourth-order valence-corrected chi connectivity index (χ4v) is 1.13. The number of hydrogen-bond donors (Lipinski definition) is 1. The zero-order chi connectivity index (χ0) is 15.4. The Kier molecular flexibility index (Phi) is 9.82. The Balaban J connectivity index is 3.60. The van der Waals surface area contributed by atoms with Crippen LogP contribution in [0.15, 0.2) is 24.3 Å². The van der Waals surface area contributed by atoms with Crippen molar-refractivity contribution in [1.29, 1.82) is 0 Å². The molecule has 0 aromatic heterocycles. The van der Waals surface area contributed by atoms with E-state index in [9.17, 15) is 4.79 Å². The van der Waals surface area contributed by atoms with E-state index in [0.717, 1.165) is 12.8 Å². The van der Waals surface area contributed by atoms with Crippen molar-refractivity contribution in [1.82, 2.24) is 5.32 Å². The Morgan fingerprint density at radius 1 is 1.20 bits per heavy atom. The fraction of sp³-hybridized carbons (Fsp3) is 0.688. The predicted molar refractivity (Wildman–Crippen MR) is 82.5 cm³/mol. The van der Waals surface area contributed by atoms with Crippen LogP contribution >= 0.6 is 0 Å². The maximum atomic E-state index is 11.4. The van der Waals surface area contributed by atoms with E-state index in [0.29, 0.717) is 6.54 Å². The first-order valence-electron chi connectivity index (χ1n) is 7.22. The van der Waals surface area contributed by atoms with Gasteiger partial charge in [0.1, 0.15) is 12.8 Å². The van der Waals surface area contributed by atoms with Gasteiger partial charge in [0, 0.05) is 6.54 Å². The number of carbonyl (C=O) groups excluding carboxylic acids is 1. The van der Waals surface area contributed by atoms with Gasteiger partial charge in [-0.05, 0) is 25.2 Å². The molecule has 0 heterocycles. The second-order valence-corrected chi connectivity index (χ2v) is 5.71. The first-order chi connectivity index (χ1) is 9.38. The lowest BCUT2D eigenvalue weighted by molar-refractivity contribution is -0.0109. The van der Waals surface area contributed by atoms with E-state index in [4.69, 9.17) is 9.47 Å². The summed E-state index contributed by atoms with van der Waals surface area (Å²) in [5, 5.41) is 2.99. The molecular weight excluding hydrogens is 254 g/mol. The minimum Gasteiger partial charge on any atom is -0.431 e. The monoisotopic (exact) mass is 283 g/mol. The standard InChI is InChI=1S/C16H29NO3/c1-6-7-8-9-10-11-12-17-13-19-15(18)20-14(2)16(3,4)5/h7-8,10-11,14,17H,6,9,12-13H2,1-5H3/b8-7-,11-10-. The molecule has 20 heavy (non-hydrogen) atoms. The van der Waals surface area contributed by atoms with Crippen LogP contribution in [0.5, 0.6) is 0 Å². The molecule has 0 radical (unpaired) electrons. The fourth-order valence-electron chi connectivity index (χ4n) is 1.13. The predicted octanol–water partition coefficient (Wildman–Crippen LogP) is 4.03. The molecule has 4 heteroatoms. The van der Waals surface area contributed by atoms with Crippen LogP contribution in [0.3, 0.4) is 0 Å². The van der Waals surface area contributed by atoms with Gasteiger partial charge in [-0.2, -0.15) is 0 Å². The largest absolute Gasteiger partial charge is 0.509 e. The molecule has 0 saturated carbocycles. The van der Waals surface area contributed by atoms with Gasteiger partial charge in [0.2, 0.25) is 0 Å². The molecule has 1 N–H and O–H groups in total. The summed E-state index contributed by atoms with van der Waals surface area (Å²) in [7, 11) is 0. The van der Waals surface area contributed by atoms with Gasteiger partial charge in [-0.25, -0.2) is 4.79 Å². The third kappa shape index (κ3) is 10.6. The van der Waals surface area contributed by atoms with E-state index >= 15 is 0 Å². The average Bonchev–Trinajstić information content (AvgIpc) is 2.35. The van der Waals surface area contributed by atoms with Crippen LogP contribution < -0.4 is 5.32 Å². The highest BCUT2D eigenvalue weighted by Gasteiger charge is 2.24. The van der Waals surface area contributed by atoms with Gasteiger partial charge in [-0.3, -0.25) is 5.32 Å². The Morgan fingerprint density at radius 3 is 2.45 bits per heavy atom. The van der Waals surface area contributed by atoms with Crippen LogP contribution in [0.1, 0.15) is 47.5 Å². The molecule has 0 aliphatic carbocycles. The van der Waals surface area contributed by atoms with Crippen molar-refractivity contribution < 1.29 is 14.3 Å². The maximum Gasteiger partial charge on any atom is 0.509 e. The van der Waals surface area contributed by atoms with E-state index in [1.165, 1.54) is 0 Å². The summed E-state index contributed by atoms with van der Waals surface area (Å²) in [5.41, 5.74) is -0.0821. The molecule has 0 aromatic carbocycles. The van der Waals surface area contributed by atoms with Gasteiger partial charge in [0.05, 0.1) is 0 Å². The van der Waals surface area contributed by atoms with Crippen molar-refractivity contribution in [3.05, 3.63) is 24.3 Å². The van der Waals surface area contributed by atoms with Crippen molar-refractivity contribution in [3.63, 3.8) is 0 Å². The highest BCUT2D eigenvalue weighted by Crippen LogP contribution is 2.21. The summed E-state index contributed by atoms with van der Waals surface area (Å²) in [4.78, 5) is 11.4. The third-order valence-corrected chi connectivity index (χ3v) is 2.89. The van der Waals surface area contributed by atoms with E-state index < -0.39 is 6.16 Å². The molecule has 0 saturated heterocycles. The summed E-state index contributed by atoms with van der Waals surface area (Å²) < 4.78 is 10.1. The smallest absolute Gasteiger partial charge is 0.431 e. The Bertz CT molecular complexity index is 316. The Labute approximate surface area is 123 Å². The van der Waals surface area contributed by atoms with Gasteiger partial charge < -0.3 is 9.47 Å². The molecule has 0 amide bonds. The molecule has 116 valence electrons. The molecule has 1 unspecified atom stereocenters. The molecule has 0 spiro atoms. The molecule has 0 aliphatic heterocycles. The number of nitrogens with one attached hydrogen (secondary N) is 1. The van der Waals surface area contributed by atoms with Crippen LogP contribution in [0.2, 0.25) is 0 Å². The van der Waals surface area contributed by atoms with E-state index in [2.05, 4.69) is 30.5 Å². The van der Waals surface area contributed by atoms with Crippen LogP contribution in [0, 0.1) is 5.41 Å². The topological polar surface area (TPSA) is 47.6 Å². The molecular formula is C16H29NO3. The molecule has 0 aliphatic rings. The molecule has 0 rings (SSSR count). The zero-order valence-electron chi connectivity index (χ0n) is 13.4. The van der Waals surface area contributed by atoms with Crippen molar-refractivity contribution in [2.75, 3.05) is 13.3 Å². The van der Waals surface area contributed by atoms with Crippen LogP contribution in [0.4, 0.5) is 4.79 Å². The number of carbonyl (C=O) groups is 1. The van der Waals surface area contributed by atoms with Crippen molar-refractivity contribution in [3.8, 4) is 0 Å². The number of hydrogen-bond acceptors (Lipinski definition) is 4. The Morgan fingerprint density at radius 2 is 1.85 bits per heavy atom. The van der Waals surface area contributed by atoms with Crippen LogP contribution in [0.25, 0.3) is 0 Å². The minimum atomic E-state index is -0.630. The van der Waals surface area contributed by atoms with Gasteiger partial charge in [-0.15, -0.1) is 0 Å². The molecule has 0 aromatic rings. The van der Waals surface area contributed by atoms with Crippen molar-refractivity contribution >= 4 is 6.16 Å². The molecule has 0 bridgehead atoms. The summed E-state index contributed by atoms with van der Waals surface area (Å²) in [6.45, 7) is 10.8. The number of rotatable bonds is 8. The molecule has 1 atom stereocenters. The highest BCUT2D eigenvalue weighted by molar-refractivity contribution is 5.60. The van der Waals surface area contributed by atoms with Crippen molar-refractivity contribution in [2.45, 2.75) is 53.6 Å². The number of allylic oxidation sites excluding steroid dienone is 3. The zero-order valence-corrected chi connectivity index (χ0v) is 13.4. The highest BCUT2D eigenvalue weighted by atomic mass is 16.7. The van der Waals surface area contributed by atoms with Crippen molar-refractivity contribution in [2.24, 2.45) is 5.41 Å². The average molecular weight is 283 g/mol. The maximum absolute atomic E-state index is 11.4. The van der Waals surface area contributed by atoms with Gasteiger partial charge in [0.25, 0.3) is 0 Å². The summed E-state index contributed by atoms with van der Waals surface area (Å²) in [6, 6.07) is 0. The molecule has 0 fully saturated rings. The SMILES string of the molecule is CC/C=C\C/C=C\CNCOC(=O)OC(C)C(C)(C)C. The summed E-state index contributed by atoms with van der Waals surface area (Å²) in [6.07, 6.45) is 9.52. The van der Waals surface area contributed by atoms with Gasteiger partial charge >= 0.3 is 6.16 Å². The lowest BCUT2D eigenvalue weighted by atomic mass is 9.90. The normalized spacial score (nSPS) is 13.8. The second kappa shape index (κ2) is 10.5. The van der Waals surface area contributed by atoms with Gasteiger partial charge in [0.15, 0.2) is 0 Å². The van der Waals surface area contributed by atoms with Gasteiger partial charge in [-0.1, -0.05) is 52.0 Å². The lowest BCUT2D eigenvalue weighted by Crippen LogP contribution is -2.30. The first kappa shape index (κ1) is 18.7. The van der Waals surface area contributed by atoms with E-state index in [1.54, 1.807) is 0 Å².